The molecule has 5 heteroatoms. The Balaban J connectivity index is 2.39. The van der Waals surface area contributed by atoms with Gasteiger partial charge in [0.1, 0.15) is 0 Å². The van der Waals surface area contributed by atoms with E-state index in [0.717, 1.165) is 9.14 Å². The van der Waals surface area contributed by atoms with E-state index in [1.54, 1.807) is 6.08 Å². The number of carbonyl (C=O) groups is 2. The van der Waals surface area contributed by atoms with Crippen molar-refractivity contribution in [2.45, 2.75) is 13.8 Å². The Morgan fingerprint density at radius 3 is 2.32 bits per heavy atom. The van der Waals surface area contributed by atoms with Crippen molar-refractivity contribution in [1.82, 2.24) is 0 Å². The number of esters is 1. The summed E-state index contributed by atoms with van der Waals surface area (Å²) in [6, 6.07) is 9.53. The van der Waals surface area contributed by atoms with Crippen molar-refractivity contribution >= 4 is 35.8 Å². The van der Waals surface area contributed by atoms with Crippen molar-refractivity contribution in [3.8, 4) is 0 Å². The predicted molar refractivity (Wildman–Crippen MR) is 80.1 cm³/mol. The van der Waals surface area contributed by atoms with E-state index >= 15 is 0 Å². The molecule has 0 spiro atoms. The average Bonchev–Trinajstić information content (AvgIpc) is 2.71. The van der Waals surface area contributed by atoms with Crippen LogP contribution in [-0.2, 0) is 17.4 Å². The first-order valence-electron chi connectivity index (χ1n) is 5.61. The molecule has 0 aromatic heterocycles. The van der Waals surface area contributed by atoms with E-state index in [4.69, 9.17) is 7.80 Å². The predicted octanol–water partition coefficient (Wildman–Crippen LogP) is 3.43. The molecule has 0 N–H and O–H groups in total. The van der Waals surface area contributed by atoms with Crippen molar-refractivity contribution in [3.63, 3.8) is 0 Å². The molecule has 1 aliphatic rings. The summed E-state index contributed by atoms with van der Waals surface area (Å²) in [5.41, 5.74) is 0.926. The van der Waals surface area contributed by atoms with Gasteiger partial charge in [-0.15, -0.1) is 0 Å². The molecule has 0 unspecified atom stereocenters. The number of hydrogen-bond acceptors (Lipinski definition) is 4. The molecule has 0 aliphatic carbocycles. The Bertz CT molecular complexity index is 560. The van der Waals surface area contributed by atoms with Crippen LogP contribution in [-0.4, -0.2) is 11.9 Å². The van der Waals surface area contributed by atoms with Crippen molar-refractivity contribution in [1.29, 1.82) is 0 Å². The summed E-state index contributed by atoms with van der Waals surface area (Å²) in [5.74, 6) is -0.203. The molecular formula is C14H13IO4. The molecule has 2 rings (SSSR count). The first-order chi connectivity index (χ1) is 9.08. The van der Waals surface area contributed by atoms with Crippen LogP contribution in [0.5, 0.6) is 0 Å². The monoisotopic (exact) mass is 372 g/mol. The first kappa shape index (κ1) is 13.8. The van der Waals surface area contributed by atoms with Gasteiger partial charge in [0.2, 0.25) is 0 Å². The second kappa shape index (κ2) is 6.01. The summed E-state index contributed by atoms with van der Waals surface area (Å²) in [7, 11) is 0. The third-order valence-electron chi connectivity index (χ3n) is 2.20. The number of hydrogen-bond donors (Lipinski definition) is 0. The van der Waals surface area contributed by atoms with Crippen LogP contribution < -0.4 is 0 Å². The van der Waals surface area contributed by atoms with Crippen LogP contribution >= 0.6 is 20.2 Å². The van der Waals surface area contributed by atoms with Crippen LogP contribution in [0.3, 0.4) is 0 Å². The van der Waals surface area contributed by atoms with Crippen LogP contribution in [0.1, 0.15) is 19.4 Å². The Hall–Kier alpha value is -1.63. The van der Waals surface area contributed by atoms with Gasteiger partial charge in [-0.2, -0.15) is 0 Å². The summed E-state index contributed by atoms with van der Waals surface area (Å²) < 4.78 is 13.3. The fourth-order valence-electron chi connectivity index (χ4n) is 1.59. The Kier molecular flexibility index (Phi) is 4.36. The van der Waals surface area contributed by atoms with Crippen LogP contribution in [0.25, 0.3) is 3.58 Å². The minimum atomic E-state index is -2.22. The van der Waals surface area contributed by atoms with Crippen LogP contribution in [0, 0.1) is 0 Å². The Morgan fingerprint density at radius 1 is 1.05 bits per heavy atom. The molecule has 0 saturated heterocycles. The van der Waals surface area contributed by atoms with Gasteiger partial charge in [-0.25, -0.2) is 0 Å². The standard InChI is InChI=1S/C14H13IO4/c1-10(16)18-13-8-9-15(19-11(2)17)14(13)12-6-4-3-5-7-12/h3-9H,1-2H3. The molecule has 1 heterocycles. The molecule has 0 radical (unpaired) electrons. The minimum absolute atomic E-state index is 0.313. The number of halogens is 1. The van der Waals surface area contributed by atoms with Gasteiger partial charge in [0.05, 0.1) is 0 Å². The zero-order valence-electron chi connectivity index (χ0n) is 10.6. The van der Waals surface area contributed by atoms with Gasteiger partial charge in [0, 0.05) is 0 Å². The van der Waals surface area contributed by atoms with E-state index in [1.807, 2.05) is 34.4 Å². The van der Waals surface area contributed by atoms with Crippen LogP contribution in [0.4, 0.5) is 0 Å². The number of rotatable bonds is 3. The van der Waals surface area contributed by atoms with E-state index in [1.165, 1.54) is 13.8 Å². The normalized spacial score (nSPS) is 15.6. The second-order valence-corrected chi connectivity index (χ2v) is 7.58. The SMILES string of the molecule is CC(=O)OC1=C(c2ccccc2)I(OC(C)=O)C=C1. The molecule has 1 aliphatic heterocycles. The molecule has 19 heavy (non-hydrogen) atoms. The number of allylic oxidation sites excluding steroid dienone is 1. The zero-order valence-corrected chi connectivity index (χ0v) is 12.7. The number of benzene rings is 1. The van der Waals surface area contributed by atoms with Crippen molar-refractivity contribution < 1.29 is 17.4 Å². The molecular weight excluding hydrogens is 359 g/mol. The molecule has 0 atom stereocenters. The maximum atomic E-state index is 11.2. The van der Waals surface area contributed by atoms with Gasteiger partial charge in [-0.3, -0.25) is 0 Å². The summed E-state index contributed by atoms with van der Waals surface area (Å²) >= 11 is -2.22. The Morgan fingerprint density at radius 2 is 1.74 bits per heavy atom. The van der Waals surface area contributed by atoms with Gasteiger partial charge in [0.25, 0.3) is 0 Å². The summed E-state index contributed by atoms with van der Waals surface area (Å²) in [4.78, 5) is 22.3. The van der Waals surface area contributed by atoms with Gasteiger partial charge in [0.15, 0.2) is 0 Å². The van der Waals surface area contributed by atoms with E-state index < -0.39 is 20.2 Å². The molecule has 4 nitrogen and oxygen atoms in total. The van der Waals surface area contributed by atoms with Gasteiger partial charge >= 0.3 is 119 Å². The van der Waals surface area contributed by atoms with E-state index in [9.17, 15) is 9.59 Å². The maximum absolute atomic E-state index is 11.2. The molecule has 0 bridgehead atoms. The van der Waals surface area contributed by atoms with Crippen LogP contribution in [0.15, 0.2) is 46.2 Å². The van der Waals surface area contributed by atoms with Crippen molar-refractivity contribution in [2.24, 2.45) is 0 Å². The number of ether oxygens (including phenoxy) is 1. The summed E-state index contributed by atoms with van der Waals surface area (Å²) in [5, 5.41) is 0. The average molecular weight is 372 g/mol. The summed E-state index contributed by atoms with van der Waals surface area (Å²) in [6.07, 6.45) is 1.72. The van der Waals surface area contributed by atoms with Crippen molar-refractivity contribution in [3.05, 3.63) is 51.8 Å². The van der Waals surface area contributed by atoms with Gasteiger partial charge < -0.3 is 0 Å². The first-order valence-corrected chi connectivity index (χ1v) is 8.82. The van der Waals surface area contributed by atoms with E-state index in [2.05, 4.69) is 0 Å². The Labute approximate surface area is 119 Å². The molecule has 0 saturated carbocycles. The third kappa shape index (κ3) is 3.44. The van der Waals surface area contributed by atoms with E-state index in [0.29, 0.717) is 5.76 Å². The van der Waals surface area contributed by atoms with Crippen LogP contribution in [0.2, 0.25) is 0 Å². The van der Waals surface area contributed by atoms with Gasteiger partial charge in [-0.1, -0.05) is 0 Å². The summed E-state index contributed by atoms with van der Waals surface area (Å²) in [6.45, 7) is 2.74. The molecule has 100 valence electrons. The van der Waals surface area contributed by atoms with E-state index in [-0.39, 0.29) is 11.9 Å². The molecule has 0 amide bonds. The fourth-order valence-corrected chi connectivity index (χ4v) is 5.43. The molecule has 0 fully saturated rings. The van der Waals surface area contributed by atoms with Gasteiger partial charge in [-0.05, 0) is 0 Å². The molecule has 1 aromatic carbocycles. The quantitative estimate of drug-likeness (QED) is 0.603. The molecule has 1 aromatic rings. The topological polar surface area (TPSA) is 52.6 Å². The fraction of sp³-hybridized carbons (Fsp3) is 0.143. The van der Waals surface area contributed by atoms with Crippen molar-refractivity contribution in [2.75, 3.05) is 0 Å². The third-order valence-corrected chi connectivity index (χ3v) is 6.53. The number of carbonyl (C=O) groups excluding carboxylic acids is 2. The second-order valence-electron chi connectivity index (χ2n) is 3.77. The zero-order chi connectivity index (χ0) is 13.8.